The second-order valence-corrected chi connectivity index (χ2v) is 5.11. The van der Waals surface area contributed by atoms with Gasteiger partial charge in [0.05, 0.1) is 5.69 Å². The number of carbonyl (C=O) groups excluding carboxylic acids is 1. The average molecular weight is 298 g/mol. The van der Waals surface area contributed by atoms with E-state index in [0.717, 1.165) is 5.56 Å². The molecule has 1 aromatic rings. The van der Waals surface area contributed by atoms with E-state index in [4.69, 9.17) is 0 Å². The fraction of sp³-hybridized carbons (Fsp3) is 0.308. The Morgan fingerprint density at radius 1 is 1.59 bits per heavy atom. The quantitative estimate of drug-likeness (QED) is 0.766. The summed E-state index contributed by atoms with van der Waals surface area (Å²) in [6.45, 7) is 6.07. The molecule has 0 N–H and O–H groups in total. The van der Waals surface area contributed by atoms with Crippen LogP contribution in [-0.4, -0.2) is 12.5 Å². The summed E-state index contributed by atoms with van der Waals surface area (Å²) >= 11 is 3.27. The van der Waals surface area contributed by atoms with Crippen LogP contribution in [0.2, 0.25) is 0 Å². The highest BCUT2D eigenvalue weighted by molar-refractivity contribution is 9.10. The summed E-state index contributed by atoms with van der Waals surface area (Å²) in [5, 5.41) is 0. The van der Waals surface area contributed by atoms with Crippen LogP contribution in [-0.2, 0) is 4.79 Å². The van der Waals surface area contributed by atoms with Gasteiger partial charge in [0, 0.05) is 23.4 Å². The predicted molar refractivity (Wildman–Crippen MR) is 69.5 cm³/mol. The zero-order valence-electron chi connectivity index (χ0n) is 9.54. The van der Waals surface area contributed by atoms with Crippen LogP contribution in [0, 0.1) is 18.7 Å². The van der Waals surface area contributed by atoms with Gasteiger partial charge in [-0.3, -0.25) is 4.79 Å². The highest BCUT2D eigenvalue weighted by Crippen LogP contribution is 2.31. The summed E-state index contributed by atoms with van der Waals surface area (Å²) in [7, 11) is 0. The summed E-state index contributed by atoms with van der Waals surface area (Å²) in [6.07, 6.45) is 2.17. The lowest BCUT2D eigenvalue weighted by atomic mass is 10.1. The molecule has 1 fully saturated rings. The largest absolute Gasteiger partial charge is 0.309 e. The first kappa shape index (κ1) is 12.3. The topological polar surface area (TPSA) is 20.3 Å². The first-order valence-corrected chi connectivity index (χ1v) is 6.20. The third-order valence-corrected chi connectivity index (χ3v) is 3.86. The first-order chi connectivity index (χ1) is 8.02. The lowest BCUT2D eigenvalue weighted by molar-refractivity contribution is -0.117. The SMILES string of the molecule is C=CC1CC(=O)N(c2cc(C)c(Br)cc2F)C1. The second-order valence-electron chi connectivity index (χ2n) is 4.26. The third kappa shape index (κ3) is 2.27. The van der Waals surface area contributed by atoms with Gasteiger partial charge in [-0.15, -0.1) is 6.58 Å². The number of amides is 1. The monoisotopic (exact) mass is 297 g/mol. The lowest BCUT2D eigenvalue weighted by Gasteiger charge is -2.18. The molecular weight excluding hydrogens is 285 g/mol. The minimum absolute atomic E-state index is 0.0458. The molecule has 2 rings (SSSR count). The molecule has 1 unspecified atom stereocenters. The number of hydrogen-bond donors (Lipinski definition) is 0. The van der Waals surface area contributed by atoms with E-state index < -0.39 is 0 Å². The van der Waals surface area contributed by atoms with Gasteiger partial charge in [-0.2, -0.15) is 0 Å². The summed E-state index contributed by atoms with van der Waals surface area (Å²) in [5.41, 5.74) is 1.27. The van der Waals surface area contributed by atoms with Crippen molar-refractivity contribution in [1.29, 1.82) is 0 Å². The minimum atomic E-state index is -0.375. The highest BCUT2D eigenvalue weighted by atomic mass is 79.9. The van der Waals surface area contributed by atoms with E-state index in [0.29, 0.717) is 23.1 Å². The van der Waals surface area contributed by atoms with Crippen molar-refractivity contribution in [3.8, 4) is 0 Å². The van der Waals surface area contributed by atoms with E-state index in [-0.39, 0.29) is 17.6 Å². The summed E-state index contributed by atoms with van der Waals surface area (Å²) in [4.78, 5) is 13.3. The Morgan fingerprint density at radius 2 is 2.29 bits per heavy atom. The van der Waals surface area contributed by atoms with Crippen molar-refractivity contribution in [3.05, 3.63) is 40.6 Å². The molecule has 0 aliphatic carbocycles. The van der Waals surface area contributed by atoms with Crippen molar-refractivity contribution in [3.63, 3.8) is 0 Å². The number of halogens is 2. The lowest BCUT2D eigenvalue weighted by Crippen LogP contribution is -2.25. The molecule has 0 saturated carbocycles. The number of nitrogens with zero attached hydrogens (tertiary/aromatic N) is 1. The summed E-state index contributed by atoms with van der Waals surface area (Å²) in [5.74, 6) is -0.304. The van der Waals surface area contributed by atoms with Crippen molar-refractivity contribution < 1.29 is 9.18 Å². The predicted octanol–water partition coefficient (Wildman–Crippen LogP) is 3.44. The third-order valence-electron chi connectivity index (χ3n) is 3.01. The van der Waals surface area contributed by atoms with Gasteiger partial charge in [-0.25, -0.2) is 4.39 Å². The van der Waals surface area contributed by atoms with Gasteiger partial charge in [-0.1, -0.05) is 22.0 Å². The Balaban J connectivity index is 2.38. The van der Waals surface area contributed by atoms with Crippen LogP contribution in [0.15, 0.2) is 29.3 Å². The standard InChI is InChI=1S/C13H13BrFNO/c1-3-9-5-13(17)16(7-9)12-4-8(2)10(14)6-11(12)15/h3-4,6,9H,1,5,7H2,2H3. The Hall–Kier alpha value is -1.16. The van der Waals surface area contributed by atoms with E-state index in [9.17, 15) is 9.18 Å². The Kier molecular flexibility index (Phi) is 3.33. The van der Waals surface area contributed by atoms with E-state index in [1.165, 1.54) is 11.0 Å². The minimum Gasteiger partial charge on any atom is -0.309 e. The second kappa shape index (κ2) is 4.61. The summed E-state index contributed by atoms with van der Waals surface area (Å²) < 4.78 is 14.6. The fourth-order valence-corrected chi connectivity index (χ4v) is 2.29. The molecule has 1 heterocycles. The molecule has 90 valence electrons. The first-order valence-electron chi connectivity index (χ1n) is 5.41. The van der Waals surface area contributed by atoms with E-state index in [2.05, 4.69) is 22.5 Å². The van der Waals surface area contributed by atoms with Gasteiger partial charge < -0.3 is 4.90 Å². The molecule has 1 atom stereocenters. The van der Waals surface area contributed by atoms with E-state index >= 15 is 0 Å². The number of rotatable bonds is 2. The van der Waals surface area contributed by atoms with Crippen LogP contribution in [0.4, 0.5) is 10.1 Å². The van der Waals surface area contributed by atoms with Crippen LogP contribution in [0.1, 0.15) is 12.0 Å². The molecule has 0 aromatic heterocycles. The Bertz CT molecular complexity index is 487. The molecule has 1 aromatic carbocycles. The molecule has 1 aliphatic heterocycles. The number of benzene rings is 1. The Labute approximate surface area is 108 Å². The van der Waals surface area contributed by atoms with Gasteiger partial charge in [0.25, 0.3) is 0 Å². The van der Waals surface area contributed by atoms with Gasteiger partial charge in [0.1, 0.15) is 5.82 Å². The molecule has 0 spiro atoms. The van der Waals surface area contributed by atoms with Crippen molar-refractivity contribution >= 4 is 27.5 Å². The van der Waals surface area contributed by atoms with Gasteiger partial charge in [-0.05, 0) is 24.6 Å². The maximum Gasteiger partial charge on any atom is 0.227 e. The fourth-order valence-electron chi connectivity index (χ4n) is 1.97. The molecule has 0 bridgehead atoms. The van der Waals surface area contributed by atoms with Gasteiger partial charge in [0.15, 0.2) is 0 Å². The van der Waals surface area contributed by atoms with E-state index in [1.54, 1.807) is 12.1 Å². The van der Waals surface area contributed by atoms with E-state index in [1.807, 2.05) is 6.92 Å². The summed E-state index contributed by atoms with van der Waals surface area (Å²) in [6, 6.07) is 3.10. The Morgan fingerprint density at radius 3 is 2.88 bits per heavy atom. The zero-order chi connectivity index (χ0) is 12.6. The van der Waals surface area contributed by atoms with Crippen LogP contribution in [0.3, 0.4) is 0 Å². The van der Waals surface area contributed by atoms with Crippen molar-refractivity contribution in [2.75, 3.05) is 11.4 Å². The molecule has 2 nitrogen and oxygen atoms in total. The van der Waals surface area contributed by atoms with Gasteiger partial charge >= 0.3 is 0 Å². The van der Waals surface area contributed by atoms with Crippen molar-refractivity contribution in [2.24, 2.45) is 5.92 Å². The zero-order valence-corrected chi connectivity index (χ0v) is 11.1. The molecule has 17 heavy (non-hydrogen) atoms. The van der Waals surface area contributed by atoms with Crippen LogP contribution in [0.5, 0.6) is 0 Å². The number of anilines is 1. The normalized spacial score (nSPS) is 19.8. The van der Waals surface area contributed by atoms with Crippen molar-refractivity contribution in [2.45, 2.75) is 13.3 Å². The molecular formula is C13H13BrFNO. The smallest absolute Gasteiger partial charge is 0.227 e. The van der Waals surface area contributed by atoms with Crippen LogP contribution < -0.4 is 4.90 Å². The highest BCUT2D eigenvalue weighted by Gasteiger charge is 2.30. The van der Waals surface area contributed by atoms with Gasteiger partial charge in [0.2, 0.25) is 5.91 Å². The maximum atomic E-state index is 13.8. The number of carbonyl (C=O) groups is 1. The number of hydrogen-bond acceptors (Lipinski definition) is 1. The maximum absolute atomic E-state index is 13.8. The molecule has 4 heteroatoms. The van der Waals surface area contributed by atoms with Crippen LogP contribution >= 0.6 is 15.9 Å². The number of aryl methyl sites for hydroxylation is 1. The average Bonchev–Trinajstić information content (AvgIpc) is 2.65. The molecule has 1 aliphatic rings. The molecule has 1 amide bonds. The van der Waals surface area contributed by atoms with Crippen molar-refractivity contribution in [1.82, 2.24) is 0 Å². The molecule has 1 saturated heterocycles. The van der Waals surface area contributed by atoms with Crippen LogP contribution in [0.25, 0.3) is 0 Å². The molecule has 0 radical (unpaired) electrons.